The summed E-state index contributed by atoms with van der Waals surface area (Å²) in [5.74, 6) is 0.268. The zero-order valence-corrected chi connectivity index (χ0v) is 18.3. The minimum atomic E-state index is -3.01. The van der Waals surface area contributed by atoms with Gasteiger partial charge in [0, 0.05) is 25.7 Å². The molecule has 0 aromatic carbocycles. The second-order valence-corrected chi connectivity index (χ2v) is 10.4. The predicted molar refractivity (Wildman–Crippen MR) is 111 cm³/mol. The van der Waals surface area contributed by atoms with Crippen molar-refractivity contribution < 1.29 is 18.0 Å². The number of carbonyl (C=O) groups excluding carboxylic acids is 2. The van der Waals surface area contributed by atoms with Gasteiger partial charge in [0.25, 0.3) is 0 Å². The van der Waals surface area contributed by atoms with Crippen LogP contribution in [0.3, 0.4) is 0 Å². The highest BCUT2D eigenvalue weighted by Crippen LogP contribution is 2.20. The fraction of sp³-hybridized carbons (Fsp3) is 0.900. The number of piperidine rings is 1. The van der Waals surface area contributed by atoms with Gasteiger partial charge in [-0.1, -0.05) is 26.2 Å². The molecule has 0 aromatic rings. The Bertz CT molecular complexity index is 623. The molecule has 2 fully saturated rings. The molecule has 0 aromatic heterocycles. The molecule has 7 nitrogen and oxygen atoms in total. The number of likely N-dealkylation sites (N-methyl/N-ethyl adjacent to an activating group) is 1. The lowest BCUT2D eigenvalue weighted by Crippen LogP contribution is -2.49. The molecule has 2 rings (SSSR count). The number of rotatable bonds is 10. The number of unbranched alkanes of at least 4 members (excludes halogenated alkanes) is 3. The molecule has 1 N–H and O–H groups in total. The zero-order valence-electron chi connectivity index (χ0n) is 17.5. The average molecular weight is 416 g/mol. The summed E-state index contributed by atoms with van der Waals surface area (Å²) in [4.78, 5) is 29.0. The molecule has 0 bridgehead atoms. The topological polar surface area (TPSA) is 86.8 Å². The Hall–Kier alpha value is -1.15. The number of likely N-dealkylation sites (tertiary alicyclic amines) is 1. The van der Waals surface area contributed by atoms with Gasteiger partial charge in [-0.25, -0.2) is 8.42 Å². The predicted octanol–water partition coefficient (Wildman–Crippen LogP) is 1.43. The number of sulfone groups is 1. The molecule has 0 saturated carbocycles. The summed E-state index contributed by atoms with van der Waals surface area (Å²) in [5.41, 5.74) is 0. The van der Waals surface area contributed by atoms with E-state index in [0.717, 1.165) is 38.8 Å². The molecular formula is C20H37N3O4S. The highest BCUT2D eigenvalue weighted by molar-refractivity contribution is 7.91. The van der Waals surface area contributed by atoms with Crippen molar-refractivity contribution in [3.63, 3.8) is 0 Å². The minimum Gasteiger partial charge on any atom is -0.356 e. The quantitative estimate of drug-likeness (QED) is 0.546. The third-order valence-electron chi connectivity index (χ3n) is 5.87. The Morgan fingerprint density at radius 1 is 1.14 bits per heavy atom. The Morgan fingerprint density at radius 3 is 2.57 bits per heavy atom. The first kappa shape index (κ1) is 23.1. The second kappa shape index (κ2) is 11.1. The van der Waals surface area contributed by atoms with Gasteiger partial charge in [-0.2, -0.15) is 0 Å². The third kappa shape index (κ3) is 7.03. The highest BCUT2D eigenvalue weighted by Gasteiger charge is 2.35. The average Bonchev–Trinajstić information content (AvgIpc) is 3.01. The molecule has 2 unspecified atom stereocenters. The van der Waals surface area contributed by atoms with E-state index in [2.05, 4.69) is 17.1 Å². The minimum absolute atomic E-state index is 0.0229. The van der Waals surface area contributed by atoms with Crippen LogP contribution < -0.4 is 5.32 Å². The summed E-state index contributed by atoms with van der Waals surface area (Å²) < 4.78 is 23.5. The van der Waals surface area contributed by atoms with Crippen LogP contribution >= 0.6 is 0 Å². The Morgan fingerprint density at radius 2 is 1.93 bits per heavy atom. The van der Waals surface area contributed by atoms with E-state index in [-0.39, 0.29) is 41.8 Å². The monoisotopic (exact) mass is 415 g/mol. The van der Waals surface area contributed by atoms with Crippen molar-refractivity contribution in [2.45, 2.75) is 64.8 Å². The fourth-order valence-electron chi connectivity index (χ4n) is 4.26. The van der Waals surface area contributed by atoms with Crippen LogP contribution in [-0.2, 0) is 19.4 Å². The van der Waals surface area contributed by atoms with E-state index in [1.54, 1.807) is 4.90 Å². The number of amides is 2. The third-order valence-corrected chi connectivity index (χ3v) is 7.63. The van der Waals surface area contributed by atoms with Crippen molar-refractivity contribution in [3.05, 3.63) is 0 Å². The lowest BCUT2D eigenvalue weighted by atomic mass is 9.97. The van der Waals surface area contributed by atoms with Crippen molar-refractivity contribution in [2.24, 2.45) is 5.92 Å². The van der Waals surface area contributed by atoms with Crippen molar-refractivity contribution in [1.82, 2.24) is 15.1 Å². The summed E-state index contributed by atoms with van der Waals surface area (Å²) >= 11 is 0. The van der Waals surface area contributed by atoms with Gasteiger partial charge in [-0.3, -0.25) is 14.5 Å². The second-order valence-electron chi connectivity index (χ2n) is 8.16. The summed E-state index contributed by atoms with van der Waals surface area (Å²) in [6, 6.07) is -0.200. The molecular weight excluding hydrogens is 378 g/mol. The van der Waals surface area contributed by atoms with Crippen LogP contribution in [0.25, 0.3) is 0 Å². The van der Waals surface area contributed by atoms with Crippen molar-refractivity contribution >= 4 is 21.7 Å². The van der Waals surface area contributed by atoms with E-state index in [1.807, 2.05) is 6.92 Å². The molecule has 0 radical (unpaired) electrons. The Kier molecular flexibility index (Phi) is 9.21. The van der Waals surface area contributed by atoms with Crippen molar-refractivity contribution in [2.75, 3.05) is 44.2 Å². The molecule has 2 saturated heterocycles. The van der Waals surface area contributed by atoms with E-state index in [4.69, 9.17) is 0 Å². The van der Waals surface area contributed by atoms with Crippen LogP contribution in [0, 0.1) is 5.92 Å². The number of hydrogen-bond donors (Lipinski definition) is 1. The number of nitrogens with one attached hydrogen (secondary N) is 1. The standard InChI is InChI=1S/C20H37N3O4S/c1-3-5-6-7-11-21-20(25)17-9-8-12-22(14-17)15-19(24)23(4-2)18-10-13-28(26,27)16-18/h17-18H,3-16H2,1-2H3,(H,21,25). The van der Waals surface area contributed by atoms with Gasteiger partial charge in [-0.05, 0) is 39.2 Å². The van der Waals surface area contributed by atoms with E-state index >= 15 is 0 Å². The molecule has 162 valence electrons. The molecule has 2 heterocycles. The van der Waals surface area contributed by atoms with Gasteiger partial charge in [0.05, 0.1) is 24.0 Å². The molecule has 8 heteroatoms. The molecule has 2 atom stereocenters. The summed E-state index contributed by atoms with van der Waals surface area (Å²) in [6.07, 6.45) is 6.85. The molecule has 2 aliphatic rings. The van der Waals surface area contributed by atoms with Gasteiger partial charge in [0.2, 0.25) is 11.8 Å². The van der Waals surface area contributed by atoms with Gasteiger partial charge in [-0.15, -0.1) is 0 Å². The van der Waals surface area contributed by atoms with E-state index in [1.165, 1.54) is 12.8 Å². The van der Waals surface area contributed by atoms with Crippen LogP contribution in [0.2, 0.25) is 0 Å². The lowest BCUT2D eigenvalue weighted by Gasteiger charge is -2.34. The van der Waals surface area contributed by atoms with E-state index in [9.17, 15) is 18.0 Å². The Balaban J connectivity index is 1.79. The first-order chi connectivity index (χ1) is 13.4. The van der Waals surface area contributed by atoms with Crippen LogP contribution in [0.4, 0.5) is 0 Å². The molecule has 28 heavy (non-hydrogen) atoms. The largest absolute Gasteiger partial charge is 0.356 e. The SMILES string of the molecule is CCCCCCNC(=O)C1CCCN(CC(=O)N(CC)C2CCS(=O)(=O)C2)C1. The van der Waals surface area contributed by atoms with Gasteiger partial charge in [0.1, 0.15) is 0 Å². The van der Waals surface area contributed by atoms with Crippen LogP contribution in [0.5, 0.6) is 0 Å². The molecule has 2 amide bonds. The fourth-order valence-corrected chi connectivity index (χ4v) is 5.99. The molecule has 0 aliphatic carbocycles. The molecule has 2 aliphatic heterocycles. The van der Waals surface area contributed by atoms with E-state index < -0.39 is 9.84 Å². The number of nitrogens with zero attached hydrogens (tertiary/aromatic N) is 2. The summed E-state index contributed by atoms with van der Waals surface area (Å²) in [5, 5.41) is 3.05. The maximum atomic E-state index is 12.8. The van der Waals surface area contributed by atoms with Gasteiger partial charge < -0.3 is 10.2 Å². The number of hydrogen-bond acceptors (Lipinski definition) is 5. The van der Waals surface area contributed by atoms with Crippen LogP contribution in [-0.4, -0.2) is 80.3 Å². The zero-order chi connectivity index (χ0) is 20.6. The maximum absolute atomic E-state index is 12.8. The highest BCUT2D eigenvalue weighted by atomic mass is 32.2. The number of carbonyl (C=O) groups is 2. The smallest absolute Gasteiger partial charge is 0.237 e. The van der Waals surface area contributed by atoms with Crippen LogP contribution in [0.1, 0.15) is 58.8 Å². The Labute approximate surface area is 170 Å². The van der Waals surface area contributed by atoms with Gasteiger partial charge in [0.15, 0.2) is 9.84 Å². The summed E-state index contributed by atoms with van der Waals surface area (Å²) in [6.45, 7) is 7.00. The first-order valence-corrected chi connectivity index (χ1v) is 12.7. The van der Waals surface area contributed by atoms with Crippen molar-refractivity contribution in [1.29, 1.82) is 0 Å². The molecule has 0 spiro atoms. The van der Waals surface area contributed by atoms with E-state index in [0.29, 0.717) is 19.5 Å². The van der Waals surface area contributed by atoms with Crippen molar-refractivity contribution in [3.8, 4) is 0 Å². The van der Waals surface area contributed by atoms with Gasteiger partial charge >= 0.3 is 0 Å². The van der Waals surface area contributed by atoms with Crippen LogP contribution in [0.15, 0.2) is 0 Å². The maximum Gasteiger partial charge on any atom is 0.237 e. The first-order valence-electron chi connectivity index (χ1n) is 10.9. The normalized spacial score (nSPS) is 24.8. The summed E-state index contributed by atoms with van der Waals surface area (Å²) in [7, 11) is -3.01. The lowest BCUT2D eigenvalue weighted by molar-refractivity contribution is -0.136.